The van der Waals surface area contributed by atoms with Crippen LogP contribution in [0.3, 0.4) is 0 Å². The molecule has 1 atom stereocenters. The first kappa shape index (κ1) is 24.1. The lowest BCUT2D eigenvalue weighted by molar-refractivity contribution is -0.139. The third kappa shape index (κ3) is 5.21. The van der Waals surface area contributed by atoms with Gasteiger partial charge in [-0.1, -0.05) is 19.1 Å². The van der Waals surface area contributed by atoms with Gasteiger partial charge in [0, 0.05) is 31.0 Å². The van der Waals surface area contributed by atoms with Crippen molar-refractivity contribution in [3.63, 3.8) is 0 Å². The molecule has 1 aliphatic heterocycles. The number of aromatic nitrogens is 2. The van der Waals surface area contributed by atoms with Gasteiger partial charge in [0.2, 0.25) is 0 Å². The van der Waals surface area contributed by atoms with E-state index in [2.05, 4.69) is 4.98 Å². The molecule has 1 aromatic heterocycles. The van der Waals surface area contributed by atoms with Crippen LogP contribution in [0.25, 0.3) is 5.76 Å². The Balaban J connectivity index is 1.69. The zero-order valence-corrected chi connectivity index (χ0v) is 19.9. The van der Waals surface area contributed by atoms with Crippen molar-refractivity contribution in [3.05, 3.63) is 84.0 Å². The van der Waals surface area contributed by atoms with Gasteiger partial charge in [0.25, 0.3) is 11.7 Å². The Morgan fingerprint density at radius 3 is 2.37 bits per heavy atom. The molecule has 3 aromatic rings. The monoisotopic (exact) mass is 475 g/mol. The van der Waals surface area contributed by atoms with Gasteiger partial charge in [-0.15, -0.1) is 0 Å². The van der Waals surface area contributed by atoms with Crippen LogP contribution >= 0.6 is 0 Å². The molecule has 1 aliphatic rings. The minimum Gasteiger partial charge on any atom is -0.507 e. The molecule has 0 radical (unpaired) electrons. The number of carbonyl (C=O) groups is 2. The quantitative estimate of drug-likeness (QED) is 0.268. The molecule has 4 rings (SSSR count). The normalized spacial score (nSPS) is 17.1. The molecular weight excluding hydrogens is 446 g/mol. The molecule has 2 aromatic carbocycles. The zero-order valence-electron chi connectivity index (χ0n) is 19.9. The molecule has 0 aliphatic carbocycles. The van der Waals surface area contributed by atoms with Gasteiger partial charge in [-0.25, -0.2) is 4.98 Å². The van der Waals surface area contributed by atoms with Gasteiger partial charge < -0.3 is 24.0 Å². The number of aryl methyl sites for hydroxylation is 1. The van der Waals surface area contributed by atoms with Crippen molar-refractivity contribution in [2.24, 2.45) is 0 Å². The number of benzene rings is 2. The highest BCUT2D eigenvalue weighted by Gasteiger charge is 2.45. The van der Waals surface area contributed by atoms with Gasteiger partial charge in [-0.3, -0.25) is 9.59 Å². The molecule has 0 spiro atoms. The van der Waals surface area contributed by atoms with Gasteiger partial charge in [0.15, 0.2) is 0 Å². The number of Topliss-reactive ketones (excluding diaryl/α,β-unsaturated/α-hetero) is 1. The smallest absolute Gasteiger partial charge is 0.295 e. The lowest BCUT2D eigenvalue weighted by Gasteiger charge is -2.25. The molecule has 35 heavy (non-hydrogen) atoms. The molecule has 1 saturated heterocycles. The molecule has 8 nitrogen and oxygen atoms in total. The first-order valence-electron chi connectivity index (χ1n) is 11.6. The number of ketones is 1. The average molecular weight is 476 g/mol. The van der Waals surface area contributed by atoms with Crippen molar-refractivity contribution in [1.29, 1.82) is 0 Å². The first-order chi connectivity index (χ1) is 17.0. The maximum absolute atomic E-state index is 13.2. The van der Waals surface area contributed by atoms with E-state index >= 15 is 0 Å². The van der Waals surface area contributed by atoms with Crippen molar-refractivity contribution < 1.29 is 24.2 Å². The lowest BCUT2D eigenvalue weighted by atomic mass is 9.95. The number of carbonyl (C=O) groups excluding carboxylic acids is 2. The van der Waals surface area contributed by atoms with Gasteiger partial charge >= 0.3 is 0 Å². The lowest BCUT2D eigenvalue weighted by Crippen LogP contribution is -2.31. The van der Waals surface area contributed by atoms with Crippen molar-refractivity contribution in [1.82, 2.24) is 14.5 Å². The van der Waals surface area contributed by atoms with E-state index in [4.69, 9.17) is 9.47 Å². The summed E-state index contributed by atoms with van der Waals surface area (Å²) in [5, 5.41) is 11.2. The fraction of sp³-hybridized carbons (Fsp3) is 0.296. The van der Waals surface area contributed by atoms with Crippen LogP contribution in [0.1, 0.15) is 36.9 Å². The molecule has 1 amide bonds. The van der Waals surface area contributed by atoms with E-state index in [1.165, 1.54) is 4.90 Å². The van der Waals surface area contributed by atoms with Crippen molar-refractivity contribution in [2.45, 2.75) is 32.4 Å². The Morgan fingerprint density at radius 2 is 1.74 bits per heavy atom. The minimum atomic E-state index is -0.708. The third-order valence-electron chi connectivity index (χ3n) is 5.95. The highest BCUT2D eigenvalue weighted by atomic mass is 16.5. The number of hydrogen-bond donors (Lipinski definition) is 1. The summed E-state index contributed by atoms with van der Waals surface area (Å²) >= 11 is 0. The summed E-state index contributed by atoms with van der Waals surface area (Å²) < 4.78 is 12.8. The highest BCUT2D eigenvalue weighted by molar-refractivity contribution is 6.46. The maximum Gasteiger partial charge on any atom is 0.295 e. The van der Waals surface area contributed by atoms with Crippen molar-refractivity contribution >= 4 is 17.4 Å². The molecule has 1 fully saturated rings. The molecular formula is C27H29N3O5. The van der Waals surface area contributed by atoms with E-state index in [9.17, 15) is 14.7 Å². The molecule has 182 valence electrons. The van der Waals surface area contributed by atoms with Crippen molar-refractivity contribution in [3.8, 4) is 11.5 Å². The Morgan fingerprint density at radius 1 is 1.03 bits per heavy atom. The maximum atomic E-state index is 13.2. The van der Waals surface area contributed by atoms with Gasteiger partial charge in [0.1, 0.15) is 17.3 Å². The fourth-order valence-electron chi connectivity index (χ4n) is 4.17. The van der Waals surface area contributed by atoms with Gasteiger partial charge in [-0.2, -0.15) is 0 Å². The van der Waals surface area contributed by atoms with Crippen LogP contribution in [-0.2, 0) is 16.1 Å². The largest absolute Gasteiger partial charge is 0.507 e. The number of ether oxygens (including phenoxy) is 2. The SMILES string of the molecule is CCCOc1ccc([C@@H]2C(=C(O)c3ccc(OC)cc3)C(=O)C(=O)N2CCCn2ccnc2)cc1. The number of aliphatic hydroxyl groups excluding tert-OH is 1. The Labute approximate surface area is 204 Å². The second-order valence-electron chi connectivity index (χ2n) is 8.29. The first-order valence-corrected chi connectivity index (χ1v) is 11.6. The second-order valence-corrected chi connectivity index (χ2v) is 8.29. The number of imidazole rings is 1. The molecule has 2 heterocycles. The third-order valence-corrected chi connectivity index (χ3v) is 5.95. The Kier molecular flexibility index (Phi) is 7.50. The van der Waals surface area contributed by atoms with Crippen LogP contribution in [-0.4, -0.2) is 51.5 Å². The average Bonchev–Trinajstić information content (AvgIpc) is 3.50. The predicted octanol–water partition coefficient (Wildman–Crippen LogP) is 4.19. The van der Waals surface area contributed by atoms with Crippen LogP contribution in [0.15, 0.2) is 72.8 Å². The number of aliphatic hydroxyl groups is 1. The van der Waals surface area contributed by atoms with E-state index in [0.717, 1.165) is 12.0 Å². The van der Waals surface area contributed by atoms with Gasteiger partial charge in [0.05, 0.1) is 31.7 Å². The minimum absolute atomic E-state index is 0.0741. The number of hydrogen-bond acceptors (Lipinski definition) is 6. The number of methoxy groups -OCH3 is 1. The number of amides is 1. The summed E-state index contributed by atoms with van der Waals surface area (Å²) in [7, 11) is 1.55. The van der Waals surface area contributed by atoms with Crippen LogP contribution in [0.5, 0.6) is 11.5 Å². The van der Waals surface area contributed by atoms with E-state index < -0.39 is 17.7 Å². The molecule has 1 N–H and O–H groups in total. The molecule has 8 heteroatoms. The van der Waals surface area contributed by atoms with Crippen LogP contribution in [0, 0.1) is 0 Å². The fourth-order valence-corrected chi connectivity index (χ4v) is 4.17. The highest BCUT2D eigenvalue weighted by Crippen LogP contribution is 2.40. The number of likely N-dealkylation sites (tertiary alicyclic amines) is 1. The molecule has 0 unspecified atom stereocenters. The second kappa shape index (κ2) is 10.9. The summed E-state index contributed by atoms with van der Waals surface area (Å²) in [4.78, 5) is 31.8. The van der Waals surface area contributed by atoms with Gasteiger partial charge in [-0.05, 0) is 54.8 Å². The standard InChI is InChI=1S/C27H29N3O5/c1-3-17-35-22-11-5-19(6-12-22)24-23(25(31)20-7-9-21(34-2)10-8-20)26(32)27(33)30(24)15-4-14-29-16-13-28-18-29/h5-13,16,18,24,31H,3-4,14-15,17H2,1-2H3/t24-/m1/s1. The van der Waals surface area contributed by atoms with E-state index in [1.54, 1.807) is 43.9 Å². The summed E-state index contributed by atoms with van der Waals surface area (Å²) in [6.07, 6.45) is 6.78. The van der Waals surface area contributed by atoms with Crippen LogP contribution < -0.4 is 9.47 Å². The Hall–Kier alpha value is -4.07. The van der Waals surface area contributed by atoms with Crippen LogP contribution in [0.2, 0.25) is 0 Å². The van der Waals surface area contributed by atoms with Crippen LogP contribution in [0.4, 0.5) is 0 Å². The zero-order chi connectivity index (χ0) is 24.8. The van der Waals surface area contributed by atoms with Crippen molar-refractivity contribution in [2.75, 3.05) is 20.3 Å². The predicted molar refractivity (Wildman–Crippen MR) is 131 cm³/mol. The summed E-state index contributed by atoms with van der Waals surface area (Å²) in [5.74, 6) is -0.192. The summed E-state index contributed by atoms with van der Waals surface area (Å²) in [6.45, 7) is 3.63. The summed E-state index contributed by atoms with van der Waals surface area (Å²) in [6, 6.07) is 13.3. The Bertz CT molecular complexity index is 1180. The van der Waals surface area contributed by atoms with E-state index in [0.29, 0.717) is 43.2 Å². The number of nitrogens with zero attached hydrogens (tertiary/aromatic N) is 3. The topological polar surface area (TPSA) is 93.9 Å². The molecule has 0 saturated carbocycles. The number of rotatable bonds is 10. The van der Waals surface area contributed by atoms with E-state index in [-0.39, 0.29) is 11.3 Å². The summed E-state index contributed by atoms with van der Waals surface area (Å²) in [5.41, 5.74) is 1.24. The van der Waals surface area contributed by atoms with E-state index in [1.807, 2.05) is 42.0 Å². The molecule has 0 bridgehead atoms.